The lowest BCUT2D eigenvalue weighted by atomic mass is 9.82. The van der Waals surface area contributed by atoms with E-state index >= 15 is 0 Å². The zero-order valence-corrected chi connectivity index (χ0v) is 13.7. The van der Waals surface area contributed by atoms with E-state index in [4.69, 9.17) is 4.74 Å². The summed E-state index contributed by atoms with van der Waals surface area (Å²) in [4.78, 5) is 0. The third kappa shape index (κ3) is 4.44. The average molecular weight is 283 g/mol. The summed E-state index contributed by atoms with van der Waals surface area (Å²) < 4.78 is 6.10. The zero-order valence-electron chi connectivity index (χ0n) is 13.7. The van der Waals surface area contributed by atoms with Crippen molar-refractivity contribution in [3.8, 4) is 0 Å². The van der Waals surface area contributed by atoms with E-state index in [0.717, 1.165) is 18.8 Å². The van der Waals surface area contributed by atoms with Crippen molar-refractivity contribution in [3.63, 3.8) is 0 Å². The lowest BCUT2D eigenvalue weighted by molar-refractivity contribution is -0.0827. The Balaban J connectivity index is 1.95. The van der Waals surface area contributed by atoms with Crippen LogP contribution >= 0.6 is 0 Å². The van der Waals surface area contributed by atoms with Crippen LogP contribution in [0.15, 0.2) is 0 Å². The standard InChI is InChI=1S/C17H33NO2/c1-12(2)10-15(19)16-14(18-17(3,4)20-16)11-13-8-6-5-7-9-13/h12-16,18-19H,5-11H2,1-4H3/t14-,15-,16+/m0/s1. The van der Waals surface area contributed by atoms with Gasteiger partial charge < -0.3 is 9.84 Å². The smallest absolute Gasteiger partial charge is 0.114 e. The van der Waals surface area contributed by atoms with Crippen molar-refractivity contribution < 1.29 is 9.84 Å². The molecule has 3 heteroatoms. The van der Waals surface area contributed by atoms with Gasteiger partial charge in [0.15, 0.2) is 0 Å². The van der Waals surface area contributed by atoms with Gasteiger partial charge in [0.2, 0.25) is 0 Å². The van der Waals surface area contributed by atoms with Crippen molar-refractivity contribution in [2.45, 2.75) is 96.6 Å². The maximum atomic E-state index is 10.5. The van der Waals surface area contributed by atoms with Crippen LogP contribution in [-0.2, 0) is 4.74 Å². The summed E-state index contributed by atoms with van der Waals surface area (Å²) in [6.07, 6.45) is 8.44. The maximum Gasteiger partial charge on any atom is 0.114 e. The molecule has 1 aliphatic carbocycles. The molecule has 1 heterocycles. The molecule has 0 aromatic heterocycles. The van der Waals surface area contributed by atoms with Gasteiger partial charge >= 0.3 is 0 Å². The van der Waals surface area contributed by atoms with Crippen LogP contribution in [0.3, 0.4) is 0 Å². The van der Waals surface area contributed by atoms with E-state index in [2.05, 4.69) is 33.0 Å². The van der Waals surface area contributed by atoms with Crippen molar-refractivity contribution in [1.82, 2.24) is 5.32 Å². The summed E-state index contributed by atoms with van der Waals surface area (Å²) in [5.41, 5.74) is -0.304. The van der Waals surface area contributed by atoms with E-state index in [1.54, 1.807) is 0 Å². The normalized spacial score (nSPS) is 32.7. The number of nitrogens with one attached hydrogen (secondary N) is 1. The molecule has 2 rings (SSSR count). The Bertz CT molecular complexity index is 297. The molecule has 0 aromatic rings. The van der Waals surface area contributed by atoms with Gasteiger partial charge in [-0.05, 0) is 38.5 Å². The minimum absolute atomic E-state index is 0.0469. The van der Waals surface area contributed by atoms with Gasteiger partial charge in [0.05, 0.1) is 6.10 Å². The van der Waals surface area contributed by atoms with Gasteiger partial charge in [-0.1, -0.05) is 46.0 Å². The molecule has 3 atom stereocenters. The Labute approximate surface area is 124 Å². The quantitative estimate of drug-likeness (QED) is 0.812. The molecule has 0 amide bonds. The minimum atomic E-state index is -0.349. The number of hydrogen-bond donors (Lipinski definition) is 2. The molecular formula is C17H33NO2. The molecule has 2 aliphatic rings. The molecule has 3 nitrogen and oxygen atoms in total. The number of hydrogen-bond acceptors (Lipinski definition) is 3. The molecule has 0 unspecified atom stereocenters. The first-order valence-corrected chi connectivity index (χ1v) is 8.51. The summed E-state index contributed by atoms with van der Waals surface area (Å²) in [6, 6.07) is 0.307. The van der Waals surface area contributed by atoms with Crippen molar-refractivity contribution >= 4 is 0 Å². The molecule has 1 saturated heterocycles. The number of aliphatic hydroxyl groups is 1. The SMILES string of the molecule is CC(C)C[C@H](O)[C@@H]1OC(C)(C)N[C@H]1CC1CCCCC1. The molecule has 1 aliphatic heterocycles. The van der Waals surface area contributed by atoms with E-state index in [-0.39, 0.29) is 17.9 Å². The first kappa shape index (κ1) is 16.3. The average Bonchev–Trinajstić information content (AvgIpc) is 2.65. The molecule has 0 aromatic carbocycles. The first-order chi connectivity index (χ1) is 9.37. The van der Waals surface area contributed by atoms with Gasteiger partial charge in [0, 0.05) is 6.04 Å². The molecule has 1 saturated carbocycles. The van der Waals surface area contributed by atoms with Gasteiger partial charge in [-0.25, -0.2) is 0 Å². The molecule has 2 N–H and O–H groups in total. The molecule has 118 valence electrons. The highest BCUT2D eigenvalue weighted by Crippen LogP contribution is 2.33. The lowest BCUT2D eigenvalue weighted by Gasteiger charge is -2.29. The summed E-state index contributed by atoms with van der Waals surface area (Å²) in [6.45, 7) is 8.46. The zero-order chi connectivity index (χ0) is 14.8. The van der Waals surface area contributed by atoms with Gasteiger partial charge in [-0.3, -0.25) is 5.32 Å². The topological polar surface area (TPSA) is 41.5 Å². The van der Waals surface area contributed by atoms with Crippen LogP contribution in [0.1, 0.15) is 72.6 Å². The molecule has 0 radical (unpaired) electrons. The third-order valence-corrected chi connectivity index (χ3v) is 4.76. The second-order valence-corrected chi connectivity index (χ2v) is 7.78. The number of ether oxygens (including phenoxy) is 1. The highest BCUT2D eigenvalue weighted by molar-refractivity contribution is 4.95. The summed E-state index contributed by atoms with van der Waals surface area (Å²) in [5, 5.41) is 14.1. The van der Waals surface area contributed by atoms with Crippen LogP contribution in [0, 0.1) is 11.8 Å². The van der Waals surface area contributed by atoms with Crippen molar-refractivity contribution in [3.05, 3.63) is 0 Å². The summed E-state index contributed by atoms with van der Waals surface area (Å²) >= 11 is 0. The largest absolute Gasteiger partial charge is 0.390 e. The second kappa shape index (κ2) is 6.76. The van der Waals surface area contributed by atoms with E-state index in [0.29, 0.717) is 12.0 Å². The monoisotopic (exact) mass is 283 g/mol. The van der Waals surface area contributed by atoms with Crippen LogP contribution < -0.4 is 5.32 Å². The van der Waals surface area contributed by atoms with Crippen LogP contribution in [0.4, 0.5) is 0 Å². The van der Waals surface area contributed by atoms with Crippen LogP contribution in [0.5, 0.6) is 0 Å². The fraction of sp³-hybridized carbons (Fsp3) is 1.00. The Morgan fingerprint density at radius 2 is 1.85 bits per heavy atom. The van der Waals surface area contributed by atoms with Crippen molar-refractivity contribution in [2.75, 3.05) is 0 Å². The molecule has 20 heavy (non-hydrogen) atoms. The summed E-state index contributed by atoms with van der Waals surface area (Å²) in [5.74, 6) is 1.32. The Morgan fingerprint density at radius 1 is 1.20 bits per heavy atom. The molecule has 0 spiro atoms. The Kier molecular flexibility index (Phi) is 5.49. The lowest BCUT2D eigenvalue weighted by Crippen LogP contribution is -2.42. The first-order valence-electron chi connectivity index (χ1n) is 8.51. The van der Waals surface area contributed by atoms with Crippen molar-refractivity contribution in [1.29, 1.82) is 0 Å². The van der Waals surface area contributed by atoms with Gasteiger partial charge in [-0.15, -0.1) is 0 Å². The van der Waals surface area contributed by atoms with E-state index in [1.165, 1.54) is 32.1 Å². The third-order valence-electron chi connectivity index (χ3n) is 4.76. The highest BCUT2D eigenvalue weighted by Gasteiger charge is 2.43. The van der Waals surface area contributed by atoms with Gasteiger partial charge in [0.1, 0.15) is 11.8 Å². The molecule has 2 fully saturated rings. The van der Waals surface area contributed by atoms with Gasteiger partial charge in [0.25, 0.3) is 0 Å². The number of rotatable bonds is 5. The van der Waals surface area contributed by atoms with E-state index in [1.807, 2.05) is 0 Å². The van der Waals surface area contributed by atoms with Gasteiger partial charge in [-0.2, -0.15) is 0 Å². The predicted octanol–water partition coefficient (Wildman–Crippen LogP) is 3.46. The molecule has 0 bridgehead atoms. The maximum absolute atomic E-state index is 10.5. The fourth-order valence-corrected chi connectivity index (χ4v) is 3.92. The number of aliphatic hydroxyl groups excluding tert-OH is 1. The molecular weight excluding hydrogens is 250 g/mol. The highest BCUT2D eigenvalue weighted by atomic mass is 16.5. The second-order valence-electron chi connectivity index (χ2n) is 7.78. The minimum Gasteiger partial charge on any atom is -0.390 e. The summed E-state index contributed by atoms with van der Waals surface area (Å²) in [7, 11) is 0. The van der Waals surface area contributed by atoms with Crippen LogP contribution in [-0.4, -0.2) is 29.1 Å². The van der Waals surface area contributed by atoms with E-state index < -0.39 is 0 Å². The Morgan fingerprint density at radius 3 is 2.45 bits per heavy atom. The fourth-order valence-electron chi connectivity index (χ4n) is 3.92. The van der Waals surface area contributed by atoms with E-state index in [9.17, 15) is 5.11 Å². The van der Waals surface area contributed by atoms with Crippen LogP contribution in [0.2, 0.25) is 0 Å². The van der Waals surface area contributed by atoms with Crippen LogP contribution in [0.25, 0.3) is 0 Å². The predicted molar refractivity (Wildman–Crippen MR) is 82.5 cm³/mol. The Hall–Kier alpha value is -0.120. The van der Waals surface area contributed by atoms with Crippen molar-refractivity contribution in [2.24, 2.45) is 11.8 Å².